The van der Waals surface area contributed by atoms with Gasteiger partial charge in [-0.3, -0.25) is 4.90 Å². The van der Waals surface area contributed by atoms with Crippen LogP contribution >= 0.6 is 0 Å². The number of piperazine rings is 1. The molecule has 1 aliphatic rings. The van der Waals surface area contributed by atoms with E-state index in [-0.39, 0.29) is 17.7 Å². The van der Waals surface area contributed by atoms with Crippen molar-refractivity contribution in [1.82, 2.24) is 19.2 Å². The molecule has 4 aromatic rings. The maximum atomic E-state index is 13.1. The van der Waals surface area contributed by atoms with Crippen molar-refractivity contribution < 1.29 is 9.53 Å². The van der Waals surface area contributed by atoms with Gasteiger partial charge in [-0.25, -0.2) is 18.8 Å². The average Bonchev–Trinajstić information content (AvgIpc) is 3.35. The summed E-state index contributed by atoms with van der Waals surface area (Å²) in [6, 6.07) is 27.1. The molecule has 0 aliphatic carbocycles. The normalized spacial score (nSPS) is 15.7. The van der Waals surface area contributed by atoms with Crippen LogP contribution in [-0.4, -0.2) is 58.0 Å². The molecular formula is C30H33N5O3. The van der Waals surface area contributed by atoms with Gasteiger partial charge >= 0.3 is 11.7 Å². The van der Waals surface area contributed by atoms with Gasteiger partial charge in [0.1, 0.15) is 12.4 Å². The topological polar surface area (TPSA) is 72.6 Å². The van der Waals surface area contributed by atoms with Gasteiger partial charge in [0, 0.05) is 31.9 Å². The third-order valence-electron chi connectivity index (χ3n) is 7.14. The van der Waals surface area contributed by atoms with Crippen LogP contribution in [0.15, 0.2) is 96.1 Å². The number of benzene rings is 3. The molecule has 2 heterocycles. The summed E-state index contributed by atoms with van der Waals surface area (Å²) in [7, 11) is 0. The molecular weight excluding hydrogens is 478 g/mol. The summed E-state index contributed by atoms with van der Waals surface area (Å²) in [5.41, 5.74) is 3.67. The van der Waals surface area contributed by atoms with Crippen molar-refractivity contribution >= 4 is 11.7 Å². The first kappa shape index (κ1) is 25.5. The zero-order valence-corrected chi connectivity index (χ0v) is 21.8. The molecule has 5 rings (SSSR count). The monoisotopic (exact) mass is 511 g/mol. The molecule has 1 aliphatic heterocycles. The SMILES string of the molecule is CCOC(=O)[C@H](c1ccccc1)N1CCN(c2ccc(-n3cnn([C@H](C)c4ccccc4)c3=O)cc2)CC1. The van der Waals surface area contributed by atoms with Crippen LogP contribution < -0.4 is 10.6 Å². The van der Waals surface area contributed by atoms with E-state index in [9.17, 15) is 9.59 Å². The molecule has 8 heteroatoms. The Hall–Kier alpha value is -4.17. The van der Waals surface area contributed by atoms with Crippen molar-refractivity contribution in [2.45, 2.75) is 25.9 Å². The number of anilines is 1. The highest BCUT2D eigenvalue weighted by Gasteiger charge is 2.31. The number of hydrogen-bond donors (Lipinski definition) is 0. The Labute approximate surface area is 222 Å². The van der Waals surface area contributed by atoms with Crippen molar-refractivity contribution in [3.63, 3.8) is 0 Å². The summed E-state index contributed by atoms with van der Waals surface area (Å²) >= 11 is 0. The number of rotatable bonds is 8. The molecule has 2 atom stereocenters. The molecule has 8 nitrogen and oxygen atoms in total. The lowest BCUT2D eigenvalue weighted by Gasteiger charge is -2.39. The first-order chi connectivity index (χ1) is 18.6. The molecule has 0 spiro atoms. The minimum atomic E-state index is -0.401. The van der Waals surface area contributed by atoms with Gasteiger partial charge in [-0.2, -0.15) is 5.10 Å². The molecule has 38 heavy (non-hydrogen) atoms. The fourth-order valence-corrected chi connectivity index (χ4v) is 5.05. The van der Waals surface area contributed by atoms with Crippen LogP contribution in [-0.2, 0) is 9.53 Å². The van der Waals surface area contributed by atoms with E-state index < -0.39 is 6.04 Å². The fraction of sp³-hybridized carbons (Fsp3) is 0.300. The van der Waals surface area contributed by atoms with Gasteiger partial charge in [0.2, 0.25) is 0 Å². The number of carbonyl (C=O) groups is 1. The predicted molar refractivity (Wildman–Crippen MR) is 148 cm³/mol. The highest BCUT2D eigenvalue weighted by molar-refractivity contribution is 5.77. The molecule has 1 aromatic heterocycles. The average molecular weight is 512 g/mol. The van der Waals surface area contributed by atoms with Crippen LogP contribution in [0.2, 0.25) is 0 Å². The van der Waals surface area contributed by atoms with E-state index in [0.717, 1.165) is 48.7 Å². The second kappa shape index (κ2) is 11.5. The van der Waals surface area contributed by atoms with Gasteiger partial charge in [0.05, 0.1) is 18.3 Å². The summed E-state index contributed by atoms with van der Waals surface area (Å²) < 4.78 is 8.48. The second-order valence-corrected chi connectivity index (χ2v) is 9.42. The largest absolute Gasteiger partial charge is 0.465 e. The van der Waals surface area contributed by atoms with Crippen LogP contribution in [0, 0.1) is 0 Å². The van der Waals surface area contributed by atoms with Gasteiger partial charge in [-0.1, -0.05) is 60.7 Å². The minimum Gasteiger partial charge on any atom is -0.465 e. The van der Waals surface area contributed by atoms with E-state index in [4.69, 9.17) is 4.74 Å². The number of hydrogen-bond acceptors (Lipinski definition) is 6. The Morgan fingerprint density at radius 2 is 1.42 bits per heavy atom. The van der Waals surface area contributed by atoms with Gasteiger partial charge in [0.25, 0.3) is 0 Å². The number of ether oxygens (including phenoxy) is 1. The maximum absolute atomic E-state index is 13.1. The molecule has 0 unspecified atom stereocenters. The predicted octanol–water partition coefficient (Wildman–Crippen LogP) is 4.07. The maximum Gasteiger partial charge on any atom is 0.350 e. The third-order valence-corrected chi connectivity index (χ3v) is 7.14. The summed E-state index contributed by atoms with van der Waals surface area (Å²) in [5, 5.41) is 4.37. The van der Waals surface area contributed by atoms with Gasteiger partial charge in [-0.15, -0.1) is 0 Å². The van der Waals surface area contributed by atoms with Gasteiger partial charge < -0.3 is 9.64 Å². The molecule has 196 valence electrons. The Morgan fingerprint density at radius 3 is 2.03 bits per heavy atom. The lowest BCUT2D eigenvalue weighted by molar-refractivity contribution is -0.150. The highest BCUT2D eigenvalue weighted by Crippen LogP contribution is 2.26. The molecule has 3 aromatic carbocycles. The highest BCUT2D eigenvalue weighted by atomic mass is 16.5. The summed E-state index contributed by atoms with van der Waals surface area (Å²) in [6.45, 7) is 7.23. The first-order valence-electron chi connectivity index (χ1n) is 13.1. The summed E-state index contributed by atoms with van der Waals surface area (Å²) in [5.74, 6) is -0.205. The zero-order valence-electron chi connectivity index (χ0n) is 21.8. The second-order valence-electron chi connectivity index (χ2n) is 9.42. The van der Waals surface area contributed by atoms with Gasteiger partial charge in [-0.05, 0) is 49.2 Å². The lowest BCUT2D eigenvalue weighted by atomic mass is 10.0. The summed E-state index contributed by atoms with van der Waals surface area (Å²) in [4.78, 5) is 30.4. The van der Waals surface area contributed by atoms with Crippen molar-refractivity contribution in [2.24, 2.45) is 0 Å². The van der Waals surface area contributed by atoms with E-state index in [1.807, 2.05) is 98.8 Å². The minimum absolute atomic E-state index is 0.158. The van der Waals surface area contributed by atoms with E-state index in [2.05, 4.69) is 14.9 Å². The van der Waals surface area contributed by atoms with E-state index >= 15 is 0 Å². The zero-order chi connectivity index (χ0) is 26.5. The molecule has 0 radical (unpaired) electrons. The smallest absolute Gasteiger partial charge is 0.350 e. The summed E-state index contributed by atoms with van der Waals surface area (Å²) in [6.07, 6.45) is 1.58. The molecule has 0 N–H and O–H groups in total. The third kappa shape index (κ3) is 5.26. The van der Waals surface area contributed by atoms with E-state index in [1.54, 1.807) is 10.9 Å². The van der Waals surface area contributed by atoms with Gasteiger partial charge in [0.15, 0.2) is 0 Å². The first-order valence-corrected chi connectivity index (χ1v) is 13.1. The van der Waals surface area contributed by atoms with Crippen LogP contribution in [0.4, 0.5) is 5.69 Å². The van der Waals surface area contributed by atoms with Crippen molar-refractivity contribution in [3.8, 4) is 5.69 Å². The van der Waals surface area contributed by atoms with Crippen molar-refractivity contribution in [1.29, 1.82) is 0 Å². The van der Waals surface area contributed by atoms with Crippen LogP contribution in [0.3, 0.4) is 0 Å². The Kier molecular flexibility index (Phi) is 7.70. The molecule has 0 bridgehead atoms. The van der Waals surface area contributed by atoms with E-state index in [0.29, 0.717) is 6.61 Å². The molecule has 1 fully saturated rings. The van der Waals surface area contributed by atoms with Crippen molar-refractivity contribution in [3.05, 3.63) is 113 Å². The molecule has 1 saturated heterocycles. The number of esters is 1. The Balaban J connectivity index is 1.27. The van der Waals surface area contributed by atoms with Crippen molar-refractivity contribution in [2.75, 3.05) is 37.7 Å². The number of nitrogens with zero attached hydrogens (tertiary/aromatic N) is 5. The van der Waals surface area contributed by atoms with Crippen LogP contribution in [0.5, 0.6) is 0 Å². The Morgan fingerprint density at radius 1 is 0.842 bits per heavy atom. The number of aromatic nitrogens is 3. The number of carbonyl (C=O) groups excluding carboxylic acids is 1. The van der Waals surface area contributed by atoms with Crippen LogP contribution in [0.25, 0.3) is 5.69 Å². The quantitative estimate of drug-likeness (QED) is 0.332. The Bertz CT molecular complexity index is 1390. The fourth-order valence-electron chi connectivity index (χ4n) is 5.05. The lowest BCUT2D eigenvalue weighted by Crippen LogP contribution is -2.49. The molecule has 0 saturated carbocycles. The molecule has 0 amide bonds. The van der Waals surface area contributed by atoms with E-state index in [1.165, 1.54) is 4.68 Å². The van der Waals surface area contributed by atoms with Crippen LogP contribution in [0.1, 0.15) is 37.1 Å². The standard InChI is InChI=1S/C30H33N5O3/c1-3-38-29(36)28(25-12-8-5-9-13-25)33-20-18-32(19-21-33)26-14-16-27(17-15-26)34-22-31-35(30(34)37)23(2)24-10-6-4-7-11-24/h4-17,22-23,28H,3,18-21H2,1-2H3/t23-,28+/m1/s1.